The molecule has 0 atom stereocenters. The Kier molecular flexibility index (Phi) is 4.82. The molecule has 16 heavy (non-hydrogen) atoms. The highest BCUT2D eigenvalue weighted by molar-refractivity contribution is 5.76. The van der Waals surface area contributed by atoms with Gasteiger partial charge in [-0.2, -0.15) is 0 Å². The molecule has 1 amide bonds. The van der Waals surface area contributed by atoms with Gasteiger partial charge in [0.15, 0.2) is 0 Å². The number of rotatable bonds is 4. The van der Waals surface area contributed by atoms with Crippen LogP contribution in [-0.4, -0.2) is 23.4 Å². The predicted molar refractivity (Wildman–Crippen MR) is 68.3 cm³/mol. The van der Waals surface area contributed by atoms with Crippen LogP contribution < -0.4 is 0 Å². The highest BCUT2D eigenvalue weighted by Gasteiger charge is 2.25. The molecule has 0 radical (unpaired) electrons. The molecule has 94 valence electrons. The smallest absolute Gasteiger partial charge is 0.222 e. The first kappa shape index (κ1) is 13.5. The van der Waals surface area contributed by atoms with Crippen molar-refractivity contribution >= 4 is 5.91 Å². The minimum atomic E-state index is 0.269. The maximum absolute atomic E-state index is 12.1. The molecule has 1 saturated carbocycles. The van der Waals surface area contributed by atoms with Crippen LogP contribution in [0.3, 0.4) is 0 Å². The molecule has 0 aliphatic heterocycles. The van der Waals surface area contributed by atoms with Crippen LogP contribution in [0, 0.1) is 5.41 Å². The second-order valence-corrected chi connectivity index (χ2v) is 6.18. The Morgan fingerprint density at radius 2 is 1.81 bits per heavy atom. The molecule has 0 spiro atoms. The number of hydrogen-bond donors (Lipinski definition) is 0. The molecule has 1 aliphatic carbocycles. The number of hydrogen-bond acceptors (Lipinski definition) is 1. The van der Waals surface area contributed by atoms with E-state index in [2.05, 4.69) is 32.6 Å². The summed E-state index contributed by atoms with van der Waals surface area (Å²) in [6, 6.07) is 0.539. The number of nitrogens with zero attached hydrogens (tertiary/aromatic N) is 1. The van der Waals surface area contributed by atoms with Crippen LogP contribution in [0.15, 0.2) is 0 Å². The van der Waals surface area contributed by atoms with E-state index in [9.17, 15) is 4.79 Å². The summed E-state index contributed by atoms with van der Waals surface area (Å²) in [7, 11) is 0. The molecule has 0 aromatic carbocycles. The van der Waals surface area contributed by atoms with Crippen molar-refractivity contribution in [3.63, 3.8) is 0 Å². The summed E-state index contributed by atoms with van der Waals surface area (Å²) >= 11 is 0. The molecule has 0 bridgehead atoms. The van der Waals surface area contributed by atoms with E-state index in [0.717, 1.165) is 13.0 Å². The highest BCUT2D eigenvalue weighted by Crippen LogP contribution is 2.26. The first-order chi connectivity index (χ1) is 7.44. The van der Waals surface area contributed by atoms with Gasteiger partial charge < -0.3 is 4.90 Å². The van der Waals surface area contributed by atoms with Crippen molar-refractivity contribution in [1.82, 2.24) is 4.90 Å². The quantitative estimate of drug-likeness (QED) is 0.716. The molecular weight excluding hydrogens is 198 g/mol. The molecule has 2 heteroatoms. The Labute approximate surface area is 100 Å². The third-order valence-electron chi connectivity index (χ3n) is 3.52. The van der Waals surface area contributed by atoms with Crippen LogP contribution in [-0.2, 0) is 4.79 Å². The normalized spacial score (nSPS) is 17.8. The van der Waals surface area contributed by atoms with Crippen molar-refractivity contribution in [2.75, 3.05) is 6.54 Å². The minimum Gasteiger partial charge on any atom is -0.340 e. The first-order valence-electron chi connectivity index (χ1n) is 6.73. The number of amides is 1. The molecular formula is C14H27NO. The van der Waals surface area contributed by atoms with E-state index in [1.807, 2.05) is 0 Å². The lowest BCUT2D eigenvalue weighted by atomic mass is 9.90. The van der Waals surface area contributed by atoms with Crippen molar-refractivity contribution in [3.8, 4) is 0 Å². The van der Waals surface area contributed by atoms with Gasteiger partial charge in [0.1, 0.15) is 0 Å². The van der Waals surface area contributed by atoms with E-state index >= 15 is 0 Å². The van der Waals surface area contributed by atoms with Gasteiger partial charge in [0.05, 0.1) is 0 Å². The minimum absolute atomic E-state index is 0.269. The molecule has 0 saturated heterocycles. The van der Waals surface area contributed by atoms with Gasteiger partial charge in [0.2, 0.25) is 5.91 Å². The van der Waals surface area contributed by atoms with Crippen LogP contribution in [0.1, 0.15) is 66.2 Å². The molecule has 0 unspecified atom stereocenters. The topological polar surface area (TPSA) is 20.3 Å². The zero-order valence-corrected chi connectivity index (χ0v) is 11.4. The summed E-state index contributed by atoms with van der Waals surface area (Å²) in [6.45, 7) is 9.59. The summed E-state index contributed by atoms with van der Waals surface area (Å²) in [4.78, 5) is 14.2. The fourth-order valence-corrected chi connectivity index (χ4v) is 2.48. The zero-order valence-electron chi connectivity index (χ0n) is 11.4. The van der Waals surface area contributed by atoms with Crippen LogP contribution in [0.25, 0.3) is 0 Å². The van der Waals surface area contributed by atoms with Crippen molar-refractivity contribution in [2.24, 2.45) is 5.41 Å². The Hall–Kier alpha value is -0.530. The van der Waals surface area contributed by atoms with E-state index in [1.54, 1.807) is 0 Å². The van der Waals surface area contributed by atoms with Gasteiger partial charge in [0, 0.05) is 19.0 Å². The van der Waals surface area contributed by atoms with Crippen LogP contribution in [0.5, 0.6) is 0 Å². The van der Waals surface area contributed by atoms with E-state index < -0.39 is 0 Å². The highest BCUT2D eigenvalue weighted by atomic mass is 16.2. The zero-order chi connectivity index (χ0) is 12.2. The van der Waals surface area contributed by atoms with Crippen molar-refractivity contribution in [1.29, 1.82) is 0 Å². The standard InChI is InChI=1S/C14H27NO/c1-5-15(12-8-6-7-9-12)13(16)10-11-14(2,3)4/h12H,5-11H2,1-4H3. The first-order valence-corrected chi connectivity index (χ1v) is 6.73. The lowest BCUT2D eigenvalue weighted by Gasteiger charge is -2.29. The van der Waals surface area contributed by atoms with Crippen molar-refractivity contribution < 1.29 is 4.79 Å². The van der Waals surface area contributed by atoms with Gasteiger partial charge in [-0.1, -0.05) is 33.6 Å². The second kappa shape index (κ2) is 5.70. The third-order valence-corrected chi connectivity index (χ3v) is 3.52. The van der Waals surface area contributed by atoms with Gasteiger partial charge in [0.25, 0.3) is 0 Å². The number of carbonyl (C=O) groups excluding carboxylic acids is 1. The molecule has 1 aliphatic rings. The van der Waals surface area contributed by atoms with Gasteiger partial charge in [-0.15, -0.1) is 0 Å². The SMILES string of the molecule is CCN(C(=O)CCC(C)(C)C)C1CCCC1. The van der Waals surface area contributed by atoms with E-state index in [-0.39, 0.29) is 5.41 Å². The van der Waals surface area contributed by atoms with E-state index in [4.69, 9.17) is 0 Å². The molecule has 0 aromatic heterocycles. The third kappa shape index (κ3) is 4.15. The van der Waals surface area contributed by atoms with Crippen molar-refractivity contribution in [2.45, 2.75) is 72.3 Å². The summed E-state index contributed by atoms with van der Waals surface area (Å²) in [6.07, 6.45) is 6.74. The fraction of sp³-hybridized carbons (Fsp3) is 0.929. The Balaban J connectivity index is 2.43. The Morgan fingerprint density at radius 3 is 2.25 bits per heavy atom. The lowest BCUT2D eigenvalue weighted by Crippen LogP contribution is -2.38. The monoisotopic (exact) mass is 225 g/mol. The van der Waals surface area contributed by atoms with E-state index in [1.165, 1.54) is 25.7 Å². The van der Waals surface area contributed by atoms with Gasteiger partial charge in [-0.3, -0.25) is 4.79 Å². The largest absolute Gasteiger partial charge is 0.340 e. The molecule has 0 aromatic rings. The lowest BCUT2D eigenvalue weighted by molar-refractivity contribution is -0.133. The average Bonchev–Trinajstić information content (AvgIpc) is 2.68. The molecule has 0 heterocycles. The van der Waals surface area contributed by atoms with Gasteiger partial charge in [-0.25, -0.2) is 0 Å². The van der Waals surface area contributed by atoms with Gasteiger partial charge in [-0.05, 0) is 31.6 Å². The van der Waals surface area contributed by atoms with Gasteiger partial charge >= 0.3 is 0 Å². The van der Waals surface area contributed by atoms with Crippen molar-refractivity contribution in [3.05, 3.63) is 0 Å². The molecule has 1 fully saturated rings. The molecule has 0 N–H and O–H groups in total. The summed E-state index contributed by atoms with van der Waals surface area (Å²) < 4.78 is 0. The number of carbonyl (C=O) groups is 1. The summed E-state index contributed by atoms with van der Waals surface area (Å²) in [5.41, 5.74) is 0.269. The van der Waals surface area contributed by atoms with E-state index in [0.29, 0.717) is 18.4 Å². The fourth-order valence-electron chi connectivity index (χ4n) is 2.48. The Bertz CT molecular complexity index is 223. The predicted octanol–water partition coefficient (Wildman–Crippen LogP) is 3.60. The maximum Gasteiger partial charge on any atom is 0.222 e. The van der Waals surface area contributed by atoms with Crippen LogP contribution in [0.4, 0.5) is 0 Å². The summed E-state index contributed by atoms with van der Waals surface area (Å²) in [5, 5.41) is 0. The maximum atomic E-state index is 12.1. The Morgan fingerprint density at radius 1 is 1.25 bits per heavy atom. The molecule has 2 nitrogen and oxygen atoms in total. The van der Waals surface area contributed by atoms with Crippen LogP contribution in [0.2, 0.25) is 0 Å². The van der Waals surface area contributed by atoms with Crippen LogP contribution >= 0.6 is 0 Å². The molecule has 1 rings (SSSR count). The average molecular weight is 225 g/mol. The summed E-state index contributed by atoms with van der Waals surface area (Å²) in [5.74, 6) is 0.365. The second-order valence-electron chi connectivity index (χ2n) is 6.18.